The second-order valence-corrected chi connectivity index (χ2v) is 4.16. The van der Waals surface area contributed by atoms with Crippen molar-refractivity contribution in [3.05, 3.63) is 71.3 Å². The van der Waals surface area contributed by atoms with Crippen LogP contribution in [0, 0.1) is 11.6 Å². The fourth-order valence-corrected chi connectivity index (χ4v) is 1.76. The molecule has 0 fully saturated rings. The van der Waals surface area contributed by atoms with Gasteiger partial charge in [-0.3, -0.25) is 0 Å². The van der Waals surface area contributed by atoms with Crippen LogP contribution in [-0.4, -0.2) is 6.54 Å². The third-order valence-corrected chi connectivity index (χ3v) is 2.75. The fraction of sp³-hybridized carbons (Fsp3) is 0.200. The van der Waals surface area contributed by atoms with Crippen molar-refractivity contribution in [1.82, 2.24) is 5.32 Å². The lowest BCUT2D eigenvalue weighted by molar-refractivity contribution is 0.506. The fourth-order valence-electron chi connectivity index (χ4n) is 1.76. The molecule has 0 bridgehead atoms. The van der Waals surface area contributed by atoms with Crippen LogP contribution < -0.4 is 5.32 Å². The maximum absolute atomic E-state index is 13.0. The van der Waals surface area contributed by atoms with Gasteiger partial charge in [-0.1, -0.05) is 36.4 Å². The lowest BCUT2D eigenvalue weighted by Gasteiger charge is -2.05. The third-order valence-electron chi connectivity index (χ3n) is 2.75. The Kier molecular flexibility index (Phi) is 4.42. The van der Waals surface area contributed by atoms with E-state index in [0.29, 0.717) is 6.42 Å². The Morgan fingerprint density at radius 1 is 0.833 bits per heavy atom. The van der Waals surface area contributed by atoms with Gasteiger partial charge < -0.3 is 5.32 Å². The summed E-state index contributed by atoms with van der Waals surface area (Å²) in [6, 6.07) is 14.1. The van der Waals surface area contributed by atoms with Crippen molar-refractivity contribution in [2.24, 2.45) is 0 Å². The van der Waals surface area contributed by atoms with Crippen LogP contribution in [0.1, 0.15) is 11.1 Å². The highest BCUT2D eigenvalue weighted by Gasteiger charge is 2.01. The molecule has 0 aliphatic carbocycles. The highest BCUT2D eigenvalue weighted by atomic mass is 19.2. The van der Waals surface area contributed by atoms with Crippen LogP contribution in [0.2, 0.25) is 0 Å². The zero-order valence-corrected chi connectivity index (χ0v) is 10.00. The number of benzene rings is 2. The molecule has 0 aliphatic heterocycles. The largest absolute Gasteiger partial charge is 0.312 e. The van der Waals surface area contributed by atoms with Crippen molar-refractivity contribution in [3.8, 4) is 0 Å². The molecule has 0 heterocycles. The van der Waals surface area contributed by atoms with Crippen LogP contribution in [0.15, 0.2) is 48.5 Å². The summed E-state index contributed by atoms with van der Waals surface area (Å²) in [5, 5.41) is 3.27. The van der Waals surface area contributed by atoms with E-state index in [4.69, 9.17) is 0 Å². The van der Waals surface area contributed by atoms with Crippen molar-refractivity contribution in [2.45, 2.75) is 13.0 Å². The molecular formula is C15H15F2N. The number of rotatable bonds is 5. The summed E-state index contributed by atoms with van der Waals surface area (Å²) >= 11 is 0. The molecule has 0 atom stereocenters. The first kappa shape index (κ1) is 12.7. The summed E-state index contributed by atoms with van der Waals surface area (Å²) in [6.07, 6.45) is 0.685. The molecule has 1 N–H and O–H groups in total. The highest BCUT2D eigenvalue weighted by molar-refractivity contribution is 5.18. The summed E-state index contributed by atoms with van der Waals surface area (Å²) in [4.78, 5) is 0. The Bertz CT molecular complexity index is 497. The Morgan fingerprint density at radius 2 is 1.61 bits per heavy atom. The third kappa shape index (κ3) is 3.64. The summed E-state index contributed by atoms with van der Waals surface area (Å²) in [7, 11) is 0. The number of hydrogen-bond donors (Lipinski definition) is 1. The molecule has 0 saturated heterocycles. The monoisotopic (exact) mass is 247 g/mol. The van der Waals surface area contributed by atoms with E-state index in [1.807, 2.05) is 30.3 Å². The van der Waals surface area contributed by atoms with E-state index < -0.39 is 11.6 Å². The molecule has 3 heteroatoms. The molecule has 1 nitrogen and oxygen atoms in total. The molecule has 0 unspecified atom stereocenters. The van der Waals surface area contributed by atoms with Gasteiger partial charge in [-0.25, -0.2) is 8.78 Å². The molecule has 2 aromatic rings. The van der Waals surface area contributed by atoms with Gasteiger partial charge in [-0.05, 0) is 36.2 Å². The highest BCUT2D eigenvalue weighted by Crippen LogP contribution is 2.08. The van der Waals surface area contributed by atoms with E-state index in [2.05, 4.69) is 5.32 Å². The minimum Gasteiger partial charge on any atom is -0.312 e. The Hall–Kier alpha value is -1.74. The number of nitrogens with one attached hydrogen (secondary N) is 1. The maximum atomic E-state index is 13.0. The first-order valence-electron chi connectivity index (χ1n) is 5.94. The van der Waals surface area contributed by atoms with Gasteiger partial charge in [0, 0.05) is 6.54 Å². The van der Waals surface area contributed by atoms with Gasteiger partial charge in [0.2, 0.25) is 0 Å². The molecule has 0 spiro atoms. The molecule has 0 radical (unpaired) electrons. The molecule has 18 heavy (non-hydrogen) atoms. The predicted octanol–water partition coefficient (Wildman–Crippen LogP) is 3.30. The van der Waals surface area contributed by atoms with Gasteiger partial charge in [0.1, 0.15) is 0 Å². The summed E-state index contributed by atoms with van der Waals surface area (Å²) in [5.41, 5.74) is 2.01. The van der Waals surface area contributed by atoms with Gasteiger partial charge in [0.25, 0.3) is 0 Å². The van der Waals surface area contributed by atoms with Gasteiger partial charge in [-0.15, -0.1) is 0 Å². The van der Waals surface area contributed by atoms with Gasteiger partial charge >= 0.3 is 0 Å². The molecule has 0 amide bonds. The van der Waals surface area contributed by atoms with Crippen molar-refractivity contribution in [2.75, 3.05) is 6.54 Å². The van der Waals surface area contributed by atoms with Crippen LogP contribution in [-0.2, 0) is 13.0 Å². The first-order valence-corrected chi connectivity index (χ1v) is 5.94. The summed E-state index contributed by atoms with van der Waals surface area (Å²) in [6.45, 7) is 1.52. The minimum atomic E-state index is -0.795. The standard InChI is InChI=1S/C15H15F2N/c16-14-7-6-12(10-15(14)17)8-9-18-11-13-4-2-1-3-5-13/h1-7,10,18H,8-9,11H2. The second kappa shape index (κ2) is 6.26. The average Bonchev–Trinajstić information content (AvgIpc) is 2.40. The van der Waals surface area contributed by atoms with Crippen molar-refractivity contribution in [3.63, 3.8) is 0 Å². The lowest BCUT2D eigenvalue weighted by Crippen LogP contribution is -2.16. The Morgan fingerprint density at radius 3 is 2.33 bits per heavy atom. The topological polar surface area (TPSA) is 12.0 Å². The second-order valence-electron chi connectivity index (χ2n) is 4.16. The van der Waals surface area contributed by atoms with Gasteiger partial charge in [0.15, 0.2) is 11.6 Å². The van der Waals surface area contributed by atoms with Crippen LogP contribution >= 0.6 is 0 Å². The van der Waals surface area contributed by atoms with Crippen molar-refractivity contribution >= 4 is 0 Å². The van der Waals surface area contributed by atoms with Crippen LogP contribution in [0.4, 0.5) is 8.78 Å². The summed E-state index contributed by atoms with van der Waals surface area (Å²) in [5.74, 6) is -1.58. The predicted molar refractivity (Wildman–Crippen MR) is 68.2 cm³/mol. The quantitative estimate of drug-likeness (QED) is 0.799. The van der Waals surface area contributed by atoms with E-state index in [1.165, 1.54) is 17.7 Å². The van der Waals surface area contributed by atoms with E-state index in [0.717, 1.165) is 18.7 Å². The Balaban J connectivity index is 1.77. The molecule has 2 aromatic carbocycles. The molecular weight excluding hydrogens is 232 g/mol. The number of hydrogen-bond acceptors (Lipinski definition) is 1. The van der Waals surface area contributed by atoms with E-state index in [-0.39, 0.29) is 0 Å². The molecule has 0 saturated carbocycles. The normalized spacial score (nSPS) is 10.6. The summed E-state index contributed by atoms with van der Waals surface area (Å²) < 4.78 is 25.7. The zero-order chi connectivity index (χ0) is 12.8. The molecule has 0 aliphatic rings. The molecule has 94 valence electrons. The first-order chi connectivity index (χ1) is 8.75. The smallest absolute Gasteiger partial charge is 0.159 e. The lowest BCUT2D eigenvalue weighted by atomic mass is 10.1. The van der Waals surface area contributed by atoms with Crippen molar-refractivity contribution in [1.29, 1.82) is 0 Å². The zero-order valence-electron chi connectivity index (χ0n) is 10.00. The molecule has 0 aromatic heterocycles. The van der Waals surface area contributed by atoms with E-state index in [9.17, 15) is 8.78 Å². The number of halogens is 2. The van der Waals surface area contributed by atoms with Gasteiger partial charge in [0.05, 0.1) is 0 Å². The van der Waals surface area contributed by atoms with Crippen LogP contribution in [0.3, 0.4) is 0 Å². The van der Waals surface area contributed by atoms with E-state index in [1.54, 1.807) is 6.07 Å². The van der Waals surface area contributed by atoms with Crippen LogP contribution in [0.25, 0.3) is 0 Å². The Labute approximate surface area is 105 Å². The molecule has 2 rings (SSSR count). The van der Waals surface area contributed by atoms with Crippen molar-refractivity contribution < 1.29 is 8.78 Å². The maximum Gasteiger partial charge on any atom is 0.159 e. The van der Waals surface area contributed by atoms with E-state index >= 15 is 0 Å². The SMILES string of the molecule is Fc1ccc(CCNCc2ccccc2)cc1F. The minimum absolute atomic E-state index is 0.685. The van der Waals surface area contributed by atoms with Crippen LogP contribution in [0.5, 0.6) is 0 Å². The van der Waals surface area contributed by atoms with Gasteiger partial charge in [-0.2, -0.15) is 0 Å². The average molecular weight is 247 g/mol.